The molecule has 1 saturated carbocycles. The molecular formula is C22H19BrN6O3. The zero-order chi connectivity index (χ0) is 22.2. The Morgan fingerprint density at radius 2 is 2.06 bits per heavy atom. The van der Waals surface area contributed by atoms with E-state index in [0.29, 0.717) is 17.1 Å². The van der Waals surface area contributed by atoms with Gasteiger partial charge in [0.25, 0.3) is 5.95 Å². The number of carbonyl (C=O) groups excluding carboxylic acids is 1. The van der Waals surface area contributed by atoms with Crippen molar-refractivity contribution in [2.75, 3.05) is 12.5 Å². The third-order valence-corrected chi connectivity index (χ3v) is 5.74. The first-order chi connectivity index (χ1) is 15.5. The number of anilines is 1. The fourth-order valence-corrected chi connectivity index (χ4v) is 3.76. The summed E-state index contributed by atoms with van der Waals surface area (Å²) in [7, 11) is 3.46. The molecule has 0 amide bonds. The predicted octanol–water partition coefficient (Wildman–Crippen LogP) is 4.05. The SMILES string of the molecule is COc1cc(/C=N/Nc2nnc3c4cc(Br)ccc4n(C)c3n2)ccc1OC(=O)C1CC1. The number of nitrogens with zero attached hydrogens (tertiary/aromatic N) is 5. The van der Waals surface area contributed by atoms with Gasteiger partial charge >= 0.3 is 5.97 Å². The molecule has 0 spiro atoms. The number of aromatic nitrogens is 4. The summed E-state index contributed by atoms with van der Waals surface area (Å²) < 4.78 is 13.7. The van der Waals surface area contributed by atoms with Gasteiger partial charge in [0.1, 0.15) is 5.52 Å². The number of rotatable bonds is 6. The monoisotopic (exact) mass is 494 g/mol. The van der Waals surface area contributed by atoms with Gasteiger partial charge in [-0.25, -0.2) is 5.43 Å². The average molecular weight is 495 g/mol. The summed E-state index contributed by atoms with van der Waals surface area (Å²) in [4.78, 5) is 16.5. The van der Waals surface area contributed by atoms with Crippen LogP contribution in [0.3, 0.4) is 0 Å². The maximum atomic E-state index is 11.9. The van der Waals surface area contributed by atoms with Crippen LogP contribution in [-0.2, 0) is 11.8 Å². The van der Waals surface area contributed by atoms with Crippen molar-refractivity contribution < 1.29 is 14.3 Å². The summed E-state index contributed by atoms with van der Waals surface area (Å²) in [6, 6.07) is 11.2. The normalized spacial score (nSPS) is 13.7. The second-order valence-electron chi connectivity index (χ2n) is 7.50. The number of nitrogens with one attached hydrogen (secondary N) is 1. The second kappa shape index (κ2) is 8.19. The van der Waals surface area contributed by atoms with Crippen molar-refractivity contribution >= 4 is 56.1 Å². The van der Waals surface area contributed by atoms with E-state index in [0.717, 1.165) is 39.3 Å². The Morgan fingerprint density at radius 1 is 1.22 bits per heavy atom. The fraction of sp³-hybridized carbons (Fsp3) is 0.227. The van der Waals surface area contributed by atoms with Gasteiger partial charge in [-0.3, -0.25) is 4.79 Å². The van der Waals surface area contributed by atoms with E-state index in [1.54, 1.807) is 24.4 Å². The Morgan fingerprint density at radius 3 is 2.84 bits per heavy atom. The van der Waals surface area contributed by atoms with Gasteiger partial charge in [-0.2, -0.15) is 10.1 Å². The molecule has 1 N–H and O–H groups in total. The quantitative estimate of drug-likeness (QED) is 0.186. The Kier molecular flexibility index (Phi) is 5.22. The van der Waals surface area contributed by atoms with Crippen molar-refractivity contribution in [3.63, 3.8) is 0 Å². The van der Waals surface area contributed by atoms with Gasteiger partial charge in [-0.05, 0) is 54.8 Å². The fourth-order valence-electron chi connectivity index (χ4n) is 3.40. The molecule has 4 aromatic rings. The van der Waals surface area contributed by atoms with Crippen LogP contribution < -0.4 is 14.9 Å². The molecule has 0 bridgehead atoms. The van der Waals surface area contributed by atoms with Gasteiger partial charge in [0, 0.05) is 16.9 Å². The molecule has 162 valence electrons. The number of fused-ring (bicyclic) bond motifs is 3. The van der Waals surface area contributed by atoms with E-state index >= 15 is 0 Å². The molecule has 0 radical (unpaired) electrons. The first-order valence-corrected chi connectivity index (χ1v) is 10.8. The van der Waals surface area contributed by atoms with E-state index in [4.69, 9.17) is 9.47 Å². The summed E-state index contributed by atoms with van der Waals surface area (Å²) in [5, 5.41) is 13.6. The maximum Gasteiger partial charge on any atom is 0.314 e. The first kappa shape index (κ1) is 20.4. The molecule has 1 aliphatic carbocycles. The molecule has 32 heavy (non-hydrogen) atoms. The van der Waals surface area contributed by atoms with Crippen LogP contribution >= 0.6 is 15.9 Å². The molecule has 0 atom stereocenters. The van der Waals surface area contributed by atoms with Crippen LogP contribution in [0, 0.1) is 5.92 Å². The van der Waals surface area contributed by atoms with Crippen molar-refractivity contribution in [2.45, 2.75) is 12.8 Å². The molecule has 2 aromatic carbocycles. The topological polar surface area (TPSA) is 104 Å². The van der Waals surface area contributed by atoms with Crippen LogP contribution in [-0.4, -0.2) is 39.0 Å². The number of hydrazone groups is 1. The van der Waals surface area contributed by atoms with Crippen molar-refractivity contribution in [3.8, 4) is 11.5 Å². The molecule has 2 aromatic heterocycles. The van der Waals surface area contributed by atoms with Gasteiger partial charge in [-0.15, -0.1) is 10.2 Å². The van der Waals surface area contributed by atoms with Gasteiger partial charge in [0.05, 0.1) is 24.8 Å². The third-order valence-electron chi connectivity index (χ3n) is 5.25. The third kappa shape index (κ3) is 3.89. The van der Waals surface area contributed by atoms with Crippen LogP contribution in [0.1, 0.15) is 18.4 Å². The Hall–Kier alpha value is -3.53. The zero-order valence-electron chi connectivity index (χ0n) is 17.4. The van der Waals surface area contributed by atoms with Crippen molar-refractivity contribution in [1.29, 1.82) is 0 Å². The minimum atomic E-state index is -0.216. The summed E-state index contributed by atoms with van der Waals surface area (Å²) in [6.07, 6.45) is 3.37. The number of hydrogen-bond acceptors (Lipinski definition) is 8. The van der Waals surface area contributed by atoms with E-state index in [1.807, 2.05) is 29.8 Å². The standard InChI is InChI=1S/C22H19BrN6O3/c1-29-16-7-6-14(23)10-15(16)19-20(29)25-22(28-26-19)27-24-11-12-3-8-17(18(9-12)31-2)32-21(30)13-4-5-13/h3,6-11,13H,4-5H2,1-2H3,(H,25,27,28)/b24-11+. The lowest BCUT2D eigenvalue weighted by Crippen LogP contribution is -2.10. The lowest BCUT2D eigenvalue weighted by molar-refractivity contribution is -0.135. The van der Waals surface area contributed by atoms with Crippen molar-refractivity contribution in [1.82, 2.24) is 19.7 Å². The molecule has 1 aliphatic rings. The molecule has 0 saturated heterocycles. The zero-order valence-corrected chi connectivity index (χ0v) is 19.0. The number of methoxy groups -OCH3 is 1. The van der Waals surface area contributed by atoms with Crippen molar-refractivity contribution in [2.24, 2.45) is 18.1 Å². The summed E-state index contributed by atoms with van der Waals surface area (Å²) in [6.45, 7) is 0. The highest BCUT2D eigenvalue weighted by Crippen LogP contribution is 2.34. The lowest BCUT2D eigenvalue weighted by Gasteiger charge is -2.09. The highest BCUT2D eigenvalue weighted by Gasteiger charge is 2.32. The van der Waals surface area contributed by atoms with Crippen LogP contribution in [0.25, 0.3) is 22.1 Å². The van der Waals surface area contributed by atoms with Crippen LogP contribution in [0.2, 0.25) is 0 Å². The van der Waals surface area contributed by atoms with Crippen molar-refractivity contribution in [3.05, 3.63) is 46.4 Å². The van der Waals surface area contributed by atoms with Gasteiger partial charge in [0.2, 0.25) is 0 Å². The second-order valence-corrected chi connectivity index (χ2v) is 8.42. The number of carbonyl (C=O) groups is 1. The maximum absolute atomic E-state index is 11.9. The molecule has 2 heterocycles. The minimum Gasteiger partial charge on any atom is -0.493 e. The first-order valence-electron chi connectivity index (χ1n) is 10.0. The number of esters is 1. The summed E-state index contributed by atoms with van der Waals surface area (Å²) in [5.41, 5.74) is 6.00. The van der Waals surface area contributed by atoms with E-state index < -0.39 is 0 Å². The average Bonchev–Trinajstić information content (AvgIpc) is 3.61. The minimum absolute atomic E-state index is 0.0134. The lowest BCUT2D eigenvalue weighted by atomic mass is 10.2. The van der Waals surface area contributed by atoms with E-state index in [-0.39, 0.29) is 17.8 Å². The molecule has 5 rings (SSSR count). The Labute approximate surface area is 191 Å². The number of benzene rings is 2. The number of aryl methyl sites for hydroxylation is 1. The largest absolute Gasteiger partial charge is 0.493 e. The van der Waals surface area contributed by atoms with E-state index in [1.165, 1.54) is 7.11 Å². The van der Waals surface area contributed by atoms with Crippen LogP contribution in [0.5, 0.6) is 11.5 Å². The molecule has 0 unspecified atom stereocenters. The number of hydrogen-bond donors (Lipinski definition) is 1. The Bertz CT molecular complexity index is 1380. The van der Waals surface area contributed by atoms with Gasteiger partial charge < -0.3 is 14.0 Å². The van der Waals surface area contributed by atoms with Gasteiger partial charge in [-0.1, -0.05) is 15.9 Å². The Balaban J connectivity index is 1.34. The predicted molar refractivity (Wildman–Crippen MR) is 124 cm³/mol. The van der Waals surface area contributed by atoms with E-state index in [9.17, 15) is 4.79 Å². The summed E-state index contributed by atoms with van der Waals surface area (Å²) in [5.74, 6) is 0.936. The number of halogens is 1. The molecular weight excluding hydrogens is 476 g/mol. The highest BCUT2D eigenvalue weighted by atomic mass is 79.9. The molecule has 10 heteroatoms. The molecule has 1 fully saturated rings. The van der Waals surface area contributed by atoms with E-state index in [2.05, 4.69) is 41.6 Å². The number of ether oxygens (including phenoxy) is 2. The highest BCUT2D eigenvalue weighted by molar-refractivity contribution is 9.10. The summed E-state index contributed by atoms with van der Waals surface area (Å²) >= 11 is 3.49. The molecule has 9 nitrogen and oxygen atoms in total. The molecule has 0 aliphatic heterocycles. The van der Waals surface area contributed by atoms with Gasteiger partial charge in [0.15, 0.2) is 17.1 Å². The smallest absolute Gasteiger partial charge is 0.314 e. The van der Waals surface area contributed by atoms with Crippen LogP contribution in [0.4, 0.5) is 5.95 Å². The van der Waals surface area contributed by atoms with Crippen LogP contribution in [0.15, 0.2) is 46.0 Å².